The number of allylic oxidation sites excluding steroid dienone is 2. The van der Waals surface area contributed by atoms with E-state index >= 15 is 0 Å². The van der Waals surface area contributed by atoms with E-state index in [2.05, 4.69) is 40.9 Å². The Kier molecular flexibility index (Phi) is 5.38. The number of halogens is 1. The van der Waals surface area contributed by atoms with Crippen LogP contribution in [0.5, 0.6) is 0 Å². The van der Waals surface area contributed by atoms with E-state index < -0.39 is 0 Å². The van der Waals surface area contributed by atoms with Gasteiger partial charge in [-0.1, -0.05) is 24.0 Å². The lowest BCUT2D eigenvalue weighted by molar-refractivity contribution is 0.364. The second-order valence-electron chi connectivity index (χ2n) is 6.21. The van der Waals surface area contributed by atoms with Crippen LogP contribution in [0.15, 0.2) is 48.8 Å². The van der Waals surface area contributed by atoms with Crippen LogP contribution < -0.4 is 0 Å². The number of nitrogens with zero attached hydrogens (tertiary/aromatic N) is 2. The van der Waals surface area contributed by atoms with E-state index in [0.717, 1.165) is 29.9 Å². The lowest BCUT2D eigenvalue weighted by atomic mass is 9.82. The molecule has 0 amide bonds. The standard InChI is InChI=1S/C21H21FN2/c1-2-3-16-4-6-17(7-5-16)8-9-18-14-23-21(24-15-18)19-10-12-20(22)13-11-19/h2-3,10-17H,4-7H2,1H3/t16-,17-. The molecular formula is C21H21FN2. The molecule has 1 fully saturated rings. The fourth-order valence-corrected chi connectivity index (χ4v) is 3.05. The summed E-state index contributed by atoms with van der Waals surface area (Å²) in [7, 11) is 0. The van der Waals surface area contributed by atoms with Gasteiger partial charge in [0, 0.05) is 23.9 Å². The zero-order chi connectivity index (χ0) is 16.8. The Labute approximate surface area is 142 Å². The molecule has 1 saturated carbocycles. The first-order chi connectivity index (χ1) is 11.7. The molecule has 1 aliphatic rings. The number of benzene rings is 1. The van der Waals surface area contributed by atoms with Crippen molar-refractivity contribution in [2.24, 2.45) is 11.8 Å². The van der Waals surface area contributed by atoms with Gasteiger partial charge in [0.25, 0.3) is 0 Å². The van der Waals surface area contributed by atoms with Crippen LogP contribution in [0, 0.1) is 29.5 Å². The van der Waals surface area contributed by atoms with Crippen molar-refractivity contribution in [2.45, 2.75) is 32.6 Å². The predicted molar refractivity (Wildman–Crippen MR) is 94.6 cm³/mol. The van der Waals surface area contributed by atoms with Crippen LogP contribution in [-0.2, 0) is 0 Å². The van der Waals surface area contributed by atoms with Crippen molar-refractivity contribution >= 4 is 0 Å². The highest BCUT2D eigenvalue weighted by molar-refractivity contribution is 5.54. The maximum atomic E-state index is 12.9. The van der Waals surface area contributed by atoms with Crippen LogP contribution >= 0.6 is 0 Å². The molecule has 122 valence electrons. The second-order valence-corrected chi connectivity index (χ2v) is 6.21. The van der Waals surface area contributed by atoms with E-state index in [1.54, 1.807) is 24.5 Å². The third-order valence-electron chi connectivity index (χ3n) is 4.41. The van der Waals surface area contributed by atoms with Crippen molar-refractivity contribution in [2.75, 3.05) is 0 Å². The molecule has 1 aliphatic carbocycles. The summed E-state index contributed by atoms with van der Waals surface area (Å²) in [5, 5.41) is 0. The average Bonchev–Trinajstić information content (AvgIpc) is 2.63. The first-order valence-corrected chi connectivity index (χ1v) is 8.47. The molecule has 24 heavy (non-hydrogen) atoms. The van der Waals surface area contributed by atoms with E-state index in [1.165, 1.54) is 25.0 Å². The van der Waals surface area contributed by atoms with Crippen molar-refractivity contribution in [1.82, 2.24) is 9.97 Å². The first-order valence-electron chi connectivity index (χ1n) is 8.47. The van der Waals surface area contributed by atoms with Gasteiger partial charge < -0.3 is 0 Å². The monoisotopic (exact) mass is 320 g/mol. The number of rotatable bonds is 2. The van der Waals surface area contributed by atoms with Gasteiger partial charge in [0.15, 0.2) is 5.82 Å². The van der Waals surface area contributed by atoms with Gasteiger partial charge in [0.1, 0.15) is 5.82 Å². The van der Waals surface area contributed by atoms with Crippen LogP contribution in [0.1, 0.15) is 38.2 Å². The lowest BCUT2D eigenvalue weighted by Crippen LogP contribution is -2.11. The van der Waals surface area contributed by atoms with Gasteiger partial charge in [-0.05, 0) is 62.8 Å². The Bertz CT molecular complexity index is 743. The third-order valence-corrected chi connectivity index (χ3v) is 4.41. The molecule has 3 rings (SSSR count). The lowest BCUT2D eigenvalue weighted by Gasteiger charge is -2.22. The maximum Gasteiger partial charge on any atom is 0.159 e. The topological polar surface area (TPSA) is 25.8 Å². The van der Waals surface area contributed by atoms with Crippen molar-refractivity contribution in [3.63, 3.8) is 0 Å². The summed E-state index contributed by atoms with van der Waals surface area (Å²) >= 11 is 0. The van der Waals surface area contributed by atoms with Crippen LogP contribution in [0.4, 0.5) is 4.39 Å². The molecule has 3 heteroatoms. The molecule has 1 heterocycles. The van der Waals surface area contributed by atoms with E-state index in [9.17, 15) is 4.39 Å². The van der Waals surface area contributed by atoms with Gasteiger partial charge in [0.2, 0.25) is 0 Å². The molecule has 1 aromatic heterocycles. The Balaban J connectivity index is 1.62. The van der Waals surface area contributed by atoms with Crippen molar-refractivity contribution in [1.29, 1.82) is 0 Å². The fraction of sp³-hybridized carbons (Fsp3) is 0.333. The molecule has 2 nitrogen and oxygen atoms in total. The maximum absolute atomic E-state index is 12.9. The Morgan fingerprint density at radius 3 is 2.33 bits per heavy atom. The highest BCUT2D eigenvalue weighted by Crippen LogP contribution is 2.29. The Morgan fingerprint density at radius 1 is 1.04 bits per heavy atom. The zero-order valence-electron chi connectivity index (χ0n) is 13.9. The van der Waals surface area contributed by atoms with E-state index in [1.807, 2.05) is 0 Å². The molecule has 0 bridgehead atoms. The molecule has 1 aromatic carbocycles. The number of hydrogen-bond donors (Lipinski definition) is 0. The first kappa shape index (κ1) is 16.4. The molecule has 2 aromatic rings. The molecule has 0 saturated heterocycles. The summed E-state index contributed by atoms with van der Waals surface area (Å²) in [5.41, 5.74) is 1.63. The van der Waals surface area contributed by atoms with Crippen LogP contribution in [-0.4, -0.2) is 9.97 Å². The summed E-state index contributed by atoms with van der Waals surface area (Å²) < 4.78 is 12.9. The molecular weight excluding hydrogens is 299 g/mol. The van der Waals surface area contributed by atoms with E-state index in [0.29, 0.717) is 11.7 Å². The largest absolute Gasteiger partial charge is 0.235 e. The normalized spacial score (nSPS) is 20.6. The summed E-state index contributed by atoms with van der Waals surface area (Å²) in [6.07, 6.45) is 12.7. The summed E-state index contributed by atoms with van der Waals surface area (Å²) in [5.74, 6) is 8.09. The van der Waals surface area contributed by atoms with Gasteiger partial charge in [0.05, 0.1) is 5.56 Å². The molecule has 0 N–H and O–H groups in total. The molecule has 0 unspecified atom stereocenters. The highest BCUT2D eigenvalue weighted by Gasteiger charge is 2.17. The van der Waals surface area contributed by atoms with Gasteiger partial charge in [-0.3, -0.25) is 0 Å². The molecule has 0 spiro atoms. The zero-order valence-corrected chi connectivity index (χ0v) is 13.9. The van der Waals surface area contributed by atoms with Gasteiger partial charge in [-0.15, -0.1) is 0 Å². The predicted octanol–water partition coefficient (Wildman–Crippen LogP) is 5.02. The third kappa shape index (κ3) is 4.29. The highest BCUT2D eigenvalue weighted by atomic mass is 19.1. The molecule has 0 radical (unpaired) electrons. The smallest absolute Gasteiger partial charge is 0.159 e. The average molecular weight is 320 g/mol. The van der Waals surface area contributed by atoms with Crippen molar-refractivity contribution in [3.05, 3.63) is 60.2 Å². The fourth-order valence-electron chi connectivity index (χ4n) is 3.05. The quantitative estimate of drug-likeness (QED) is 0.574. The van der Waals surface area contributed by atoms with Crippen molar-refractivity contribution in [3.8, 4) is 23.2 Å². The van der Waals surface area contributed by atoms with Gasteiger partial charge in [-0.25, -0.2) is 14.4 Å². The van der Waals surface area contributed by atoms with Crippen LogP contribution in [0.25, 0.3) is 11.4 Å². The summed E-state index contributed by atoms with van der Waals surface area (Å²) in [4.78, 5) is 8.67. The summed E-state index contributed by atoms with van der Waals surface area (Å²) in [6.45, 7) is 2.08. The SMILES string of the molecule is CC=C[C@H]1CC[C@H](C#Cc2cnc(-c3ccc(F)cc3)nc2)CC1. The minimum absolute atomic E-state index is 0.259. The van der Waals surface area contributed by atoms with Crippen molar-refractivity contribution < 1.29 is 4.39 Å². The summed E-state index contributed by atoms with van der Waals surface area (Å²) in [6, 6.07) is 6.19. The van der Waals surface area contributed by atoms with Gasteiger partial charge >= 0.3 is 0 Å². The Hall–Kier alpha value is -2.47. The van der Waals surface area contributed by atoms with Crippen LogP contribution in [0.2, 0.25) is 0 Å². The van der Waals surface area contributed by atoms with E-state index in [-0.39, 0.29) is 5.82 Å². The number of hydrogen-bond acceptors (Lipinski definition) is 2. The molecule has 0 aliphatic heterocycles. The molecule has 0 atom stereocenters. The minimum Gasteiger partial charge on any atom is -0.235 e. The van der Waals surface area contributed by atoms with Crippen LogP contribution in [0.3, 0.4) is 0 Å². The van der Waals surface area contributed by atoms with E-state index in [4.69, 9.17) is 0 Å². The Morgan fingerprint density at radius 2 is 1.71 bits per heavy atom. The minimum atomic E-state index is -0.259. The number of aromatic nitrogens is 2. The van der Waals surface area contributed by atoms with Gasteiger partial charge in [-0.2, -0.15) is 0 Å². The second kappa shape index (κ2) is 7.88.